The van der Waals surface area contributed by atoms with Crippen molar-refractivity contribution in [3.8, 4) is 28.5 Å². The van der Waals surface area contributed by atoms with E-state index in [1.807, 2.05) is 36.4 Å². The highest BCUT2D eigenvalue weighted by Gasteiger charge is 2.42. The van der Waals surface area contributed by atoms with Crippen LogP contribution in [0.15, 0.2) is 66.7 Å². The molecular formula is C26H22ClN3O4. The van der Waals surface area contributed by atoms with Crippen LogP contribution in [0.25, 0.3) is 11.3 Å². The maximum Gasteiger partial charge on any atom is 0.273 e. The van der Waals surface area contributed by atoms with Crippen LogP contribution in [0, 0.1) is 0 Å². The Labute approximate surface area is 201 Å². The van der Waals surface area contributed by atoms with Gasteiger partial charge < -0.3 is 19.5 Å². The molecule has 1 unspecified atom stereocenters. The molecule has 0 aliphatic carbocycles. The second-order valence-corrected chi connectivity index (χ2v) is 8.39. The molecule has 1 atom stereocenters. The van der Waals surface area contributed by atoms with E-state index in [0.717, 1.165) is 11.1 Å². The number of aromatic nitrogens is 2. The molecule has 34 heavy (non-hydrogen) atoms. The number of para-hydroxylation sites is 1. The normalized spacial score (nSPS) is 14.9. The largest absolute Gasteiger partial charge is 0.507 e. The number of phenols is 1. The summed E-state index contributed by atoms with van der Waals surface area (Å²) in [5.41, 5.74) is 3.94. The number of aromatic hydroxyl groups is 1. The summed E-state index contributed by atoms with van der Waals surface area (Å²) in [6.07, 6.45) is 0. The molecule has 8 heteroatoms. The van der Waals surface area contributed by atoms with Crippen molar-refractivity contribution in [1.29, 1.82) is 0 Å². The zero-order valence-corrected chi connectivity index (χ0v) is 19.3. The van der Waals surface area contributed by atoms with Gasteiger partial charge in [0.15, 0.2) is 11.5 Å². The Hall–Kier alpha value is -3.97. The molecule has 0 saturated heterocycles. The first kappa shape index (κ1) is 21.9. The summed E-state index contributed by atoms with van der Waals surface area (Å²) in [5, 5.41) is 18.5. The van der Waals surface area contributed by atoms with Gasteiger partial charge >= 0.3 is 0 Å². The number of methoxy groups -OCH3 is 2. The first-order valence-electron chi connectivity index (χ1n) is 10.7. The quantitative estimate of drug-likeness (QED) is 0.400. The van der Waals surface area contributed by atoms with Crippen LogP contribution >= 0.6 is 11.6 Å². The molecule has 1 aliphatic rings. The van der Waals surface area contributed by atoms with E-state index >= 15 is 0 Å². The lowest BCUT2D eigenvalue weighted by atomic mass is 9.95. The van der Waals surface area contributed by atoms with E-state index in [0.29, 0.717) is 45.6 Å². The fourth-order valence-corrected chi connectivity index (χ4v) is 4.52. The van der Waals surface area contributed by atoms with Gasteiger partial charge in [-0.3, -0.25) is 9.89 Å². The lowest BCUT2D eigenvalue weighted by Gasteiger charge is -2.27. The van der Waals surface area contributed by atoms with Crippen molar-refractivity contribution >= 4 is 17.5 Å². The van der Waals surface area contributed by atoms with Crippen LogP contribution in [0.1, 0.15) is 33.2 Å². The molecule has 1 amide bonds. The lowest BCUT2D eigenvalue weighted by molar-refractivity contribution is 0.0730. The molecule has 0 bridgehead atoms. The zero-order chi connectivity index (χ0) is 23.8. The molecule has 1 aliphatic heterocycles. The topological polar surface area (TPSA) is 87.7 Å². The molecule has 2 heterocycles. The van der Waals surface area contributed by atoms with Crippen LogP contribution in [0.3, 0.4) is 0 Å². The van der Waals surface area contributed by atoms with Crippen molar-refractivity contribution in [2.75, 3.05) is 14.2 Å². The zero-order valence-electron chi connectivity index (χ0n) is 18.6. The van der Waals surface area contributed by atoms with Crippen LogP contribution in [0.2, 0.25) is 5.02 Å². The van der Waals surface area contributed by atoms with Gasteiger partial charge in [0.25, 0.3) is 5.91 Å². The van der Waals surface area contributed by atoms with Gasteiger partial charge in [-0.2, -0.15) is 5.10 Å². The molecule has 172 valence electrons. The number of ether oxygens (including phenoxy) is 2. The Kier molecular flexibility index (Phi) is 5.63. The average molecular weight is 476 g/mol. The van der Waals surface area contributed by atoms with Crippen LogP contribution in [-0.2, 0) is 6.54 Å². The van der Waals surface area contributed by atoms with Gasteiger partial charge in [-0.15, -0.1) is 0 Å². The molecule has 4 aromatic rings. The summed E-state index contributed by atoms with van der Waals surface area (Å²) in [5.74, 6) is 1.05. The number of phenolic OH excluding ortho intramolecular Hbond substituents is 1. The number of carbonyl (C=O) groups is 1. The number of hydrogen-bond acceptors (Lipinski definition) is 5. The number of fused-ring (bicyclic) bond motifs is 1. The van der Waals surface area contributed by atoms with E-state index in [-0.39, 0.29) is 11.7 Å². The number of halogens is 1. The monoisotopic (exact) mass is 475 g/mol. The third-order valence-electron chi connectivity index (χ3n) is 6.01. The van der Waals surface area contributed by atoms with Crippen LogP contribution < -0.4 is 9.47 Å². The number of aromatic amines is 1. The fourth-order valence-electron chi connectivity index (χ4n) is 4.39. The number of nitrogens with zero attached hydrogens (tertiary/aromatic N) is 2. The molecule has 0 fully saturated rings. The van der Waals surface area contributed by atoms with Gasteiger partial charge in [-0.25, -0.2) is 0 Å². The Balaban J connectivity index is 1.67. The highest BCUT2D eigenvalue weighted by molar-refractivity contribution is 6.30. The van der Waals surface area contributed by atoms with Crippen molar-refractivity contribution in [3.05, 3.63) is 94.1 Å². The SMILES string of the molecule is COc1ccc(C2c3c(-c4ccccc4O)n[nH]c3C(=O)N2Cc2ccc(Cl)cc2)cc1OC. The molecule has 7 nitrogen and oxygen atoms in total. The molecular weight excluding hydrogens is 454 g/mol. The number of rotatable bonds is 6. The summed E-state index contributed by atoms with van der Waals surface area (Å²) < 4.78 is 10.9. The minimum absolute atomic E-state index is 0.0893. The summed E-state index contributed by atoms with van der Waals surface area (Å²) in [7, 11) is 3.15. The van der Waals surface area contributed by atoms with Gasteiger partial charge in [-0.1, -0.05) is 41.9 Å². The van der Waals surface area contributed by atoms with E-state index in [9.17, 15) is 9.90 Å². The third kappa shape index (κ3) is 3.64. The van der Waals surface area contributed by atoms with Gasteiger partial charge in [0.2, 0.25) is 0 Å². The molecule has 5 rings (SSSR count). The summed E-state index contributed by atoms with van der Waals surface area (Å²) >= 11 is 6.06. The number of H-pyrrole nitrogens is 1. The first-order chi connectivity index (χ1) is 16.5. The predicted molar refractivity (Wildman–Crippen MR) is 128 cm³/mol. The molecule has 2 N–H and O–H groups in total. The van der Waals surface area contributed by atoms with Crippen LogP contribution in [0.5, 0.6) is 17.2 Å². The van der Waals surface area contributed by atoms with Crippen molar-refractivity contribution in [3.63, 3.8) is 0 Å². The van der Waals surface area contributed by atoms with Gasteiger partial charge in [0.1, 0.15) is 17.1 Å². The second-order valence-electron chi connectivity index (χ2n) is 7.95. The van der Waals surface area contributed by atoms with Crippen molar-refractivity contribution in [2.24, 2.45) is 0 Å². The van der Waals surface area contributed by atoms with Crippen LogP contribution in [0.4, 0.5) is 0 Å². The Morgan fingerprint density at radius 1 is 1.03 bits per heavy atom. The Morgan fingerprint density at radius 3 is 2.47 bits per heavy atom. The van der Waals surface area contributed by atoms with Crippen molar-refractivity contribution in [2.45, 2.75) is 12.6 Å². The third-order valence-corrected chi connectivity index (χ3v) is 6.26. The molecule has 0 saturated carbocycles. The average Bonchev–Trinajstić information content (AvgIpc) is 3.39. The summed E-state index contributed by atoms with van der Waals surface area (Å²) in [6.45, 7) is 0.359. The maximum absolute atomic E-state index is 13.6. The number of carbonyl (C=O) groups excluding carboxylic acids is 1. The van der Waals surface area contributed by atoms with Gasteiger partial charge in [-0.05, 0) is 47.5 Å². The Bertz CT molecular complexity index is 1370. The highest BCUT2D eigenvalue weighted by Crippen LogP contribution is 2.46. The van der Waals surface area contributed by atoms with E-state index in [1.165, 1.54) is 0 Å². The second kappa shape index (κ2) is 8.76. The van der Waals surface area contributed by atoms with Gasteiger partial charge in [0.05, 0.1) is 20.3 Å². The minimum Gasteiger partial charge on any atom is -0.507 e. The van der Waals surface area contributed by atoms with Crippen molar-refractivity contribution < 1.29 is 19.4 Å². The van der Waals surface area contributed by atoms with Crippen LogP contribution in [-0.4, -0.2) is 40.3 Å². The van der Waals surface area contributed by atoms with Gasteiger partial charge in [0, 0.05) is 22.7 Å². The number of amides is 1. The van der Waals surface area contributed by atoms with E-state index in [1.54, 1.807) is 49.5 Å². The predicted octanol–water partition coefficient (Wildman–Crippen LogP) is 5.20. The lowest BCUT2D eigenvalue weighted by Crippen LogP contribution is -2.29. The molecule has 3 aromatic carbocycles. The first-order valence-corrected chi connectivity index (χ1v) is 11.0. The van der Waals surface area contributed by atoms with E-state index < -0.39 is 6.04 Å². The minimum atomic E-state index is -0.466. The van der Waals surface area contributed by atoms with E-state index in [4.69, 9.17) is 21.1 Å². The molecule has 0 radical (unpaired) electrons. The fraction of sp³-hybridized carbons (Fsp3) is 0.154. The standard InChI is InChI=1S/C26H22ClN3O4/c1-33-20-12-9-16(13-21(20)34-2)25-22-23(18-5-3-4-6-19(18)31)28-29-24(22)26(32)30(25)14-15-7-10-17(27)11-8-15/h3-13,25,31H,14H2,1-2H3,(H,28,29). The molecule has 0 spiro atoms. The highest BCUT2D eigenvalue weighted by atomic mass is 35.5. The van der Waals surface area contributed by atoms with E-state index in [2.05, 4.69) is 10.2 Å². The smallest absolute Gasteiger partial charge is 0.273 e. The summed E-state index contributed by atoms with van der Waals surface area (Å²) in [6, 6.07) is 19.5. The summed E-state index contributed by atoms with van der Waals surface area (Å²) in [4.78, 5) is 15.3. The Morgan fingerprint density at radius 2 is 1.76 bits per heavy atom. The number of benzene rings is 3. The van der Waals surface area contributed by atoms with Crippen molar-refractivity contribution in [1.82, 2.24) is 15.1 Å². The number of hydrogen-bond donors (Lipinski definition) is 2. The number of nitrogens with one attached hydrogen (secondary N) is 1. The maximum atomic E-state index is 13.6. The molecule has 1 aromatic heterocycles.